The van der Waals surface area contributed by atoms with E-state index >= 15 is 0 Å². The van der Waals surface area contributed by atoms with Crippen LogP contribution in [0.5, 0.6) is 0 Å². The zero-order valence-electron chi connectivity index (χ0n) is 14.6. The van der Waals surface area contributed by atoms with Crippen LogP contribution in [0.25, 0.3) is 0 Å². The van der Waals surface area contributed by atoms with E-state index in [0.29, 0.717) is 18.9 Å². The summed E-state index contributed by atoms with van der Waals surface area (Å²) in [5.74, 6) is 0.886. The molecule has 2 aliphatic rings. The third kappa shape index (κ3) is 3.96. The Hall–Kier alpha value is -1.88. The molecule has 5 heteroatoms. The van der Waals surface area contributed by atoms with Crippen LogP contribution in [0.2, 0.25) is 0 Å². The maximum atomic E-state index is 12.4. The van der Waals surface area contributed by atoms with Gasteiger partial charge in [0.15, 0.2) is 0 Å². The van der Waals surface area contributed by atoms with Crippen LogP contribution in [-0.2, 0) is 16.0 Å². The van der Waals surface area contributed by atoms with Crippen molar-refractivity contribution in [1.82, 2.24) is 10.2 Å². The minimum Gasteiger partial charge on any atom is -0.341 e. The number of nitrogens with zero attached hydrogens (tertiary/aromatic N) is 1. The number of amides is 2. The fourth-order valence-electron chi connectivity index (χ4n) is 3.56. The molecule has 1 aromatic rings. The second-order valence-corrected chi connectivity index (χ2v) is 7.15. The van der Waals surface area contributed by atoms with Gasteiger partial charge in [0.2, 0.25) is 11.8 Å². The Morgan fingerprint density at radius 1 is 1.42 bits per heavy atom. The molecule has 2 atom stereocenters. The van der Waals surface area contributed by atoms with Gasteiger partial charge in [-0.15, -0.1) is 0 Å². The maximum absolute atomic E-state index is 12.4. The van der Waals surface area contributed by atoms with Gasteiger partial charge in [-0.25, -0.2) is 0 Å². The standard InChI is InChI=1S/C19H27N3O2/c1-13-4-3-9-22(12-13)19(24)11-20-14(2)15-5-7-17-16(10-15)6-8-18(23)21-17/h5,7,10,13-14,20H,3-4,6,8-9,11-12H2,1-2H3,(H,21,23)/t13-,14-/m1/s1. The molecule has 0 radical (unpaired) electrons. The highest BCUT2D eigenvalue weighted by Gasteiger charge is 2.21. The van der Waals surface area contributed by atoms with Crippen molar-refractivity contribution in [3.05, 3.63) is 29.3 Å². The number of fused-ring (bicyclic) bond motifs is 1. The van der Waals surface area contributed by atoms with Crippen LogP contribution in [0, 0.1) is 5.92 Å². The number of piperidine rings is 1. The second kappa shape index (κ2) is 7.34. The summed E-state index contributed by atoms with van der Waals surface area (Å²) in [5.41, 5.74) is 3.25. The average Bonchev–Trinajstić information content (AvgIpc) is 2.58. The molecule has 0 unspecified atom stereocenters. The molecule has 2 amide bonds. The fourth-order valence-corrected chi connectivity index (χ4v) is 3.56. The lowest BCUT2D eigenvalue weighted by molar-refractivity contribution is -0.132. The van der Waals surface area contributed by atoms with Crippen molar-refractivity contribution < 1.29 is 9.59 Å². The van der Waals surface area contributed by atoms with Crippen molar-refractivity contribution in [3.8, 4) is 0 Å². The number of hydrogen-bond acceptors (Lipinski definition) is 3. The average molecular weight is 329 g/mol. The summed E-state index contributed by atoms with van der Waals surface area (Å²) in [6, 6.07) is 6.24. The summed E-state index contributed by atoms with van der Waals surface area (Å²) >= 11 is 0. The largest absolute Gasteiger partial charge is 0.341 e. The Labute approximate surface area is 143 Å². The van der Waals surface area contributed by atoms with Crippen LogP contribution in [0.3, 0.4) is 0 Å². The number of benzene rings is 1. The fraction of sp³-hybridized carbons (Fsp3) is 0.579. The summed E-state index contributed by atoms with van der Waals surface area (Å²) in [7, 11) is 0. The third-order valence-electron chi connectivity index (χ3n) is 5.09. The van der Waals surface area contributed by atoms with Crippen molar-refractivity contribution in [2.45, 2.75) is 45.6 Å². The van der Waals surface area contributed by atoms with Crippen LogP contribution in [0.1, 0.15) is 50.3 Å². The van der Waals surface area contributed by atoms with Gasteiger partial charge in [-0.1, -0.05) is 19.1 Å². The third-order valence-corrected chi connectivity index (χ3v) is 5.09. The summed E-state index contributed by atoms with van der Waals surface area (Å²) in [4.78, 5) is 25.8. The topological polar surface area (TPSA) is 61.4 Å². The summed E-state index contributed by atoms with van der Waals surface area (Å²) < 4.78 is 0. The SMILES string of the molecule is C[C@@H]1CCCN(C(=O)CN[C@H](C)c2ccc3c(c2)CCC(=O)N3)C1. The normalized spacial score (nSPS) is 21.8. The Morgan fingerprint density at radius 2 is 2.25 bits per heavy atom. The van der Waals surface area contributed by atoms with Gasteiger partial charge in [-0.05, 0) is 49.3 Å². The lowest BCUT2D eigenvalue weighted by Gasteiger charge is -2.31. The Morgan fingerprint density at radius 3 is 3.04 bits per heavy atom. The van der Waals surface area contributed by atoms with E-state index in [2.05, 4.69) is 30.5 Å². The predicted octanol–water partition coefficient (Wildman–Crippen LogP) is 2.48. The minimum absolute atomic E-state index is 0.0859. The molecule has 24 heavy (non-hydrogen) atoms. The number of anilines is 1. The molecule has 1 saturated heterocycles. The lowest BCUT2D eigenvalue weighted by atomic mass is 9.97. The van der Waals surface area contributed by atoms with Crippen LogP contribution in [0.4, 0.5) is 5.69 Å². The van der Waals surface area contributed by atoms with Gasteiger partial charge in [-0.2, -0.15) is 0 Å². The van der Waals surface area contributed by atoms with E-state index in [9.17, 15) is 9.59 Å². The van der Waals surface area contributed by atoms with Crippen LogP contribution in [0.15, 0.2) is 18.2 Å². The first-order valence-corrected chi connectivity index (χ1v) is 8.97. The molecule has 2 aliphatic heterocycles. The summed E-state index contributed by atoms with van der Waals surface area (Å²) in [6.07, 6.45) is 3.66. The number of carbonyl (C=O) groups excluding carboxylic acids is 2. The first-order valence-electron chi connectivity index (χ1n) is 8.97. The van der Waals surface area contributed by atoms with Crippen molar-refractivity contribution in [2.24, 2.45) is 5.92 Å². The molecular formula is C19H27N3O2. The minimum atomic E-state index is 0.0859. The molecule has 0 spiro atoms. The molecule has 0 aliphatic carbocycles. The molecule has 1 aromatic carbocycles. The maximum Gasteiger partial charge on any atom is 0.236 e. The molecule has 0 saturated carbocycles. The van der Waals surface area contributed by atoms with E-state index in [1.165, 1.54) is 12.0 Å². The predicted molar refractivity (Wildman–Crippen MR) is 94.8 cm³/mol. The zero-order valence-corrected chi connectivity index (χ0v) is 14.6. The molecule has 2 heterocycles. The van der Waals surface area contributed by atoms with E-state index < -0.39 is 0 Å². The zero-order chi connectivity index (χ0) is 17.1. The van der Waals surface area contributed by atoms with Gasteiger partial charge in [0, 0.05) is 31.2 Å². The number of aryl methyl sites for hydroxylation is 1. The highest BCUT2D eigenvalue weighted by Crippen LogP contribution is 2.26. The van der Waals surface area contributed by atoms with E-state index in [0.717, 1.165) is 37.2 Å². The second-order valence-electron chi connectivity index (χ2n) is 7.15. The highest BCUT2D eigenvalue weighted by molar-refractivity contribution is 5.93. The number of hydrogen-bond donors (Lipinski definition) is 2. The quantitative estimate of drug-likeness (QED) is 0.892. The highest BCUT2D eigenvalue weighted by atomic mass is 16.2. The summed E-state index contributed by atoms with van der Waals surface area (Å²) in [5, 5.41) is 6.25. The van der Waals surface area contributed by atoms with E-state index in [1.807, 2.05) is 17.0 Å². The van der Waals surface area contributed by atoms with Gasteiger partial charge in [0.25, 0.3) is 0 Å². The smallest absolute Gasteiger partial charge is 0.236 e. The molecule has 1 fully saturated rings. The van der Waals surface area contributed by atoms with Crippen molar-refractivity contribution in [2.75, 3.05) is 25.0 Å². The van der Waals surface area contributed by atoms with Gasteiger partial charge in [-0.3, -0.25) is 9.59 Å². The molecule has 0 aromatic heterocycles. The molecule has 5 nitrogen and oxygen atoms in total. The van der Waals surface area contributed by atoms with Gasteiger partial charge in [0.1, 0.15) is 0 Å². The number of likely N-dealkylation sites (tertiary alicyclic amines) is 1. The van der Waals surface area contributed by atoms with Gasteiger partial charge in [0.05, 0.1) is 6.54 Å². The van der Waals surface area contributed by atoms with Crippen molar-refractivity contribution in [3.63, 3.8) is 0 Å². The Bertz CT molecular complexity index is 629. The Kier molecular flexibility index (Phi) is 5.19. The van der Waals surface area contributed by atoms with E-state index in [1.54, 1.807) is 0 Å². The van der Waals surface area contributed by atoms with Gasteiger partial charge < -0.3 is 15.5 Å². The number of rotatable bonds is 4. The first kappa shape index (κ1) is 17.0. The summed E-state index contributed by atoms with van der Waals surface area (Å²) in [6.45, 7) is 6.43. The number of nitrogens with one attached hydrogen (secondary N) is 2. The lowest BCUT2D eigenvalue weighted by Crippen LogP contribution is -2.43. The van der Waals surface area contributed by atoms with E-state index in [4.69, 9.17) is 0 Å². The monoisotopic (exact) mass is 329 g/mol. The molecule has 2 N–H and O–H groups in total. The molecule has 3 rings (SSSR count). The van der Waals surface area contributed by atoms with Gasteiger partial charge >= 0.3 is 0 Å². The van der Waals surface area contributed by atoms with E-state index in [-0.39, 0.29) is 17.9 Å². The first-order chi connectivity index (χ1) is 11.5. The molecule has 130 valence electrons. The van der Waals surface area contributed by atoms with Crippen LogP contribution >= 0.6 is 0 Å². The Balaban J connectivity index is 1.56. The van der Waals surface area contributed by atoms with Crippen LogP contribution in [-0.4, -0.2) is 36.3 Å². The molecule has 0 bridgehead atoms. The molecular weight excluding hydrogens is 302 g/mol. The van der Waals surface area contributed by atoms with Crippen LogP contribution < -0.4 is 10.6 Å². The van der Waals surface area contributed by atoms with Crippen molar-refractivity contribution >= 4 is 17.5 Å². The number of carbonyl (C=O) groups is 2. The van der Waals surface area contributed by atoms with Crippen molar-refractivity contribution in [1.29, 1.82) is 0 Å².